The summed E-state index contributed by atoms with van der Waals surface area (Å²) < 4.78 is 5.74. The highest BCUT2D eigenvalue weighted by Crippen LogP contribution is 2.32. The number of carbonyl (C=O) groups excluding carboxylic acids is 1. The minimum atomic E-state index is -1.69. The van der Waals surface area contributed by atoms with Crippen molar-refractivity contribution >= 4 is 17.2 Å². The van der Waals surface area contributed by atoms with E-state index in [2.05, 4.69) is 4.98 Å². The number of benzene rings is 2. The molecule has 0 aliphatic carbocycles. The Morgan fingerprint density at radius 2 is 1.85 bits per heavy atom. The topological polar surface area (TPSA) is 91.7 Å². The molecule has 6 nitrogen and oxygen atoms in total. The number of aromatic nitrogens is 1. The summed E-state index contributed by atoms with van der Waals surface area (Å²) in [5.74, 6) is -0.842. The lowest BCUT2D eigenvalue weighted by Crippen LogP contribution is -2.50. The lowest BCUT2D eigenvalue weighted by molar-refractivity contribution is -0.173. The monoisotopic (exact) mass is 384 g/mol. The van der Waals surface area contributed by atoms with Crippen molar-refractivity contribution in [2.75, 3.05) is 0 Å². The van der Waals surface area contributed by atoms with Crippen molar-refractivity contribution in [3.05, 3.63) is 76.7 Å². The SMILES string of the molecule is C[C@@](OCc1ccc(-c2ccccc2)cc1)(C(=O)NO)[C@@H](O)c1nccs1. The van der Waals surface area contributed by atoms with Crippen LogP contribution in [0, 0.1) is 0 Å². The standard InChI is InChI=1S/C20H20N2O4S/c1-20(19(24)22-25,17(23)18-21-11-12-27-18)26-13-14-7-9-16(10-8-14)15-5-3-2-4-6-15/h2-12,17,23,25H,13H2,1H3,(H,22,24)/t17-,20-/m0/s1. The zero-order chi connectivity index (χ0) is 19.3. The molecule has 0 aliphatic rings. The summed E-state index contributed by atoms with van der Waals surface area (Å²) in [7, 11) is 0. The first-order chi connectivity index (χ1) is 13.0. The smallest absolute Gasteiger partial charge is 0.278 e. The van der Waals surface area contributed by atoms with Crippen LogP contribution in [0.5, 0.6) is 0 Å². The van der Waals surface area contributed by atoms with Crippen LogP contribution in [0.4, 0.5) is 0 Å². The molecule has 0 unspecified atom stereocenters. The lowest BCUT2D eigenvalue weighted by Gasteiger charge is -2.31. The van der Waals surface area contributed by atoms with E-state index in [9.17, 15) is 9.90 Å². The number of nitrogens with one attached hydrogen (secondary N) is 1. The van der Waals surface area contributed by atoms with Gasteiger partial charge in [-0.25, -0.2) is 10.5 Å². The molecule has 0 saturated heterocycles. The highest BCUT2D eigenvalue weighted by molar-refractivity contribution is 7.09. The summed E-state index contributed by atoms with van der Waals surface area (Å²) >= 11 is 1.20. The van der Waals surface area contributed by atoms with Gasteiger partial charge >= 0.3 is 0 Å². The molecule has 0 aliphatic heterocycles. The van der Waals surface area contributed by atoms with Gasteiger partial charge in [0, 0.05) is 11.6 Å². The number of aliphatic hydroxyl groups is 1. The number of hydroxylamine groups is 1. The molecule has 0 radical (unpaired) electrons. The number of rotatable bonds is 7. The maximum absolute atomic E-state index is 12.2. The summed E-state index contributed by atoms with van der Waals surface area (Å²) in [6.45, 7) is 1.50. The second kappa shape index (κ2) is 8.41. The quantitative estimate of drug-likeness (QED) is 0.429. The maximum atomic E-state index is 12.2. The zero-order valence-corrected chi connectivity index (χ0v) is 15.5. The van der Waals surface area contributed by atoms with Crippen LogP contribution >= 0.6 is 11.3 Å². The second-order valence-electron chi connectivity index (χ2n) is 6.17. The van der Waals surface area contributed by atoms with Crippen LogP contribution in [-0.2, 0) is 16.1 Å². The molecule has 3 rings (SSSR count). The summed E-state index contributed by atoms with van der Waals surface area (Å²) in [5.41, 5.74) is 2.88. The molecule has 1 heterocycles. The first-order valence-corrected chi connectivity index (χ1v) is 9.23. The number of hydrogen-bond acceptors (Lipinski definition) is 6. The molecule has 0 saturated carbocycles. The average molecular weight is 384 g/mol. The molecular formula is C20H20N2O4S. The molecular weight excluding hydrogens is 364 g/mol. The van der Waals surface area contributed by atoms with E-state index in [1.165, 1.54) is 24.5 Å². The van der Waals surface area contributed by atoms with Gasteiger partial charge in [-0.05, 0) is 23.6 Å². The number of aliphatic hydroxyl groups excluding tert-OH is 1. The van der Waals surface area contributed by atoms with Crippen LogP contribution in [0.2, 0.25) is 0 Å². The van der Waals surface area contributed by atoms with Gasteiger partial charge in [0.15, 0.2) is 5.60 Å². The van der Waals surface area contributed by atoms with Crippen molar-refractivity contribution in [3.8, 4) is 11.1 Å². The summed E-state index contributed by atoms with van der Waals surface area (Å²) in [4.78, 5) is 16.2. The highest BCUT2D eigenvalue weighted by Gasteiger charge is 2.44. The normalized spacial score (nSPS) is 14.3. The molecule has 140 valence electrons. The van der Waals surface area contributed by atoms with Crippen molar-refractivity contribution in [1.82, 2.24) is 10.5 Å². The van der Waals surface area contributed by atoms with Gasteiger partial charge in [0.2, 0.25) is 0 Å². The van der Waals surface area contributed by atoms with Gasteiger partial charge in [-0.1, -0.05) is 54.6 Å². The molecule has 2 atom stereocenters. The summed E-state index contributed by atoms with van der Waals surface area (Å²) in [6.07, 6.45) is 0.219. The first kappa shape index (κ1) is 19.2. The Morgan fingerprint density at radius 1 is 1.19 bits per heavy atom. The predicted octanol–water partition coefficient (Wildman–Crippen LogP) is 3.32. The van der Waals surface area contributed by atoms with Crippen molar-refractivity contribution in [2.45, 2.75) is 25.2 Å². The number of hydrogen-bond donors (Lipinski definition) is 3. The summed E-state index contributed by atoms with van der Waals surface area (Å²) in [6, 6.07) is 17.7. The minimum Gasteiger partial charge on any atom is -0.382 e. The predicted molar refractivity (Wildman–Crippen MR) is 102 cm³/mol. The molecule has 2 aromatic carbocycles. The molecule has 0 spiro atoms. The maximum Gasteiger partial charge on any atom is 0.278 e. The molecule has 3 N–H and O–H groups in total. The fourth-order valence-electron chi connectivity index (χ4n) is 2.64. The van der Waals surface area contributed by atoms with Gasteiger partial charge < -0.3 is 9.84 Å². The van der Waals surface area contributed by atoms with Crippen LogP contribution in [-0.4, -0.2) is 26.8 Å². The Morgan fingerprint density at radius 3 is 2.44 bits per heavy atom. The Hall–Kier alpha value is -2.58. The van der Waals surface area contributed by atoms with Crippen LogP contribution in [0.3, 0.4) is 0 Å². The number of ether oxygens (including phenoxy) is 1. The van der Waals surface area contributed by atoms with Crippen LogP contribution < -0.4 is 5.48 Å². The molecule has 0 bridgehead atoms. The van der Waals surface area contributed by atoms with E-state index in [1.54, 1.807) is 10.9 Å². The number of nitrogens with zero attached hydrogens (tertiary/aromatic N) is 1. The Kier molecular flexibility index (Phi) is 5.98. The largest absolute Gasteiger partial charge is 0.382 e. The average Bonchev–Trinajstić information content (AvgIpc) is 3.26. The summed E-state index contributed by atoms with van der Waals surface area (Å²) in [5, 5.41) is 21.6. The van der Waals surface area contributed by atoms with E-state index in [0.29, 0.717) is 5.01 Å². The van der Waals surface area contributed by atoms with Gasteiger partial charge in [0.1, 0.15) is 11.1 Å². The Bertz CT molecular complexity index is 869. The fourth-order valence-corrected chi connectivity index (χ4v) is 3.38. The molecule has 1 amide bonds. The zero-order valence-electron chi connectivity index (χ0n) is 14.7. The van der Waals surface area contributed by atoms with Gasteiger partial charge in [0.25, 0.3) is 5.91 Å². The van der Waals surface area contributed by atoms with Crippen molar-refractivity contribution in [3.63, 3.8) is 0 Å². The fraction of sp³-hybridized carbons (Fsp3) is 0.200. The lowest BCUT2D eigenvalue weighted by atomic mass is 9.98. The van der Waals surface area contributed by atoms with Crippen LogP contribution in [0.25, 0.3) is 11.1 Å². The number of carbonyl (C=O) groups is 1. The van der Waals surface area contributed by atoms with Gasteiger partial charge in [-0.3, -0.25) is 10.0 Å². The van der Waals surface area contributed by atoms with E-state index in [1.807, 2.05) is 54.6 Å². The minimum absolute atomic E-state index is 0.0847. The molecule has 27 heavy (non-hydrogen) atoms. The Balaban J connectivity index is 1.75. The third-order valence-corrected chi connectivity index (χ3v) is 5.19. The van der Waals surface area contributed by atoms with Crippen LogP contribution in [0.1, 0.15) is 23.6 Å². The van der Waals surface area contributed by atoms with Gasteiger partial charge in [-0.2, -0.15) is 0 Å². The van der Waals surface area contributed by atoms with Crippen LogP contribution in [0.15, 0.2) is 66.2 Å². The first-order valence-electron chi connectivity index (χ1n) is 8.35. The van der Waals surface area contributed by atoms with E-state index in [0.717, 1.165) is 16.7 Å². The van der Waals surface area contributed by atoms with E-state index in [4.69, 9.17) is 9.94 Å². The van der Waals surface area contributed by atoms with Gasteiger partial charge in [0.05, 0.1) is 6.61 Å². The number of amides is 1. The molecule has 1 aromatic heterocycles. The molecule has 0 fully saturated rings. The third-order valence-electron chi connectivity index (χ3n) is 4.36. The van der Waals surface area contributed by atoms with E-state index >= 15 is 0 Å². The number of thiazole rings is 1. The van der Waals surface area contributed by atoms with Crippen molar-refractivity contribution in [2.24, 2.45) is 0 Å². The second-order valence-corrected chi connectivity index (χ2v) is 7.10. The molecule has 7 heteroatoms. The van der Waals surface area contributed by atoms with Crippen molar-refractivity contribution in [1.29, 1.82) is 0 Å². The van der Waals surface area contributed by atoms with E-state index in [-0.39, 0.29) is 6.61 Å². The van der Waals surface area contributed by atoms with Gasteiger partial charge in [-0.15, -0.1) is 11.3 Å². The highest BCUT2D eigenvalue weighted by atomic mass is 32.1. The molecule has 3 aromatic rings. The van der Waals surface area contributed by atoms with Crippen molar-refractivity contribution < 1.29 is 19.8 Å². The Labute approximate surface area is 161 Å². The third kappa shape index (κ3) is 4.23. The van der Waals surface area contributed by atoms with E-state index < -0.39 is 17.6 Å².